The van der Waals surface area contributed by atoms with Gasteiger partial charge in [0.15, 0.2) is 0 Å². The molecule has 21 heavy (non-hydrogen) atoms. The van der Waals surface area contributed by atoms with Crippen molar-refractivity contribution in [3.05, 3.63) is 16.1 Å². The van der Waals surface area contributed by atoms with E-state index in [1.165, 1.54) is 11.3 Å². The number of carbonyl (C=O) groups excluding carboxylic acids is 2. The lowest BCUT2D eigenvalue weighted by Crippen LogP contribution is -2.53. The Hall–Kier alpha value is -1.67. The number of rotatable bonds is 4. The van der Waals surface area contributed by atoms with Gasteiger partial charge < -0.3 is 20.9 Å². The lowest BCUT2D eigenvalue weighted by molar-refractivity contribution is 0.0660. The van der Waals surface area contributed by atoms with Gasteiger partial charge in [-0.3, -0.25) is 4.79 Å². The number of urea groups is 1. The van der Waals surface area contributed by atoms with E-state index >= 15 is 0 Å². The van der Waals surface area contributed by atoms with Crippen LogP contribution in [0.25, 0.3) is 0 Å². The van der Waals surface area contributed by atoms with Crippen LogP contribution in [0.5, 0.6) is 0 Å². The SMILES string of the molecule is CCNC(=O)N1CCN(C(=O)c2csc(CCN)n2)CC1. The van der Waals surface area contributed by atoms with E-state index in [4.69, 9.17) is 5.73 Å². The van der Waals surface area contributed by atoms with Crippen molar-refractivity contribution in [1.82, 2.24) is 20.1 Å². The molecule has 0 aliphatic carbocycles. The van der Waals surface area contributed by atoms with Crippen LogP contribution in [0.2, 0.25) is 0 Å². The van der Waals surface area contributed by atoms with Crippen molar-refractivity contribution in [2.45, 2.75) is 13.3 Å². The number of nitrogens with one attached hydrogen (secondary N) is 1. The van der Waals surface area contributed by atoms with Gasteiger partial charge in [-0.1, -0.05) is 0 Å². The van der Waals surface area contributed by atoms with Crippen molar-refractivity contribution >= 4 is 23.3 Å². The number of aromatic nitrogens is 1. The normalized spacial score (nSPS) is 15.1. The Labute approximate surface area is 128 Å². The molecule has 116 valence electrons. The molecule has 2 heterocycles. The number of nitrogens with two attached hydrogens (primary N) is 1. The van der Waals surface area contributed by atoms with Gasteiger partial charge in [-0.05, 0) is 13.5 Å². The van der Waals surface area contributed by atoms with Crippen LogP contribution >= 0.6 is 11.3 Å². The summed E-state index contributed by atoms with van der Waals surface area (Å²) >= 11 is 1.47. The second-order valence-corrected chi connectivity index (χ2v) is 5.72. The van der Waals surface area contributed by atoms with E-state index < -0.39 is 0 Å². The van der Waals surface area contributed by atoms with Gasteiger partial charge in [-0.15, -0.1) is 11.3 Å². The fourth-order valence-electron chi connectivity index (χ4n) is 2.19. The molecule has 7 nitrogen and oxygen atoms in total. The van der Waals surface area contributed by atoms with Crippen LogP contribution in [0.1, 0.15) is 22.4 Å². The molecule has 2 rings (SSSR count). The molecular weight excluding hydrogens is 290 g/mol. The summed E-state index contributed by atoms with van der Waals surface area (Å²) in [4.78, 5) is 31.8. The van der Waals surface area contributed by atoms with Gasteiger partial charge in [0.05, 0.1) is 5.01 Å². The second kappa shape index (κ2) is 7.37. The van der Waals surface area contributed by atoms with E-state index in [0.29, 0.717) is 51.4 Å². The molecule has 1 aromatic rings. The van der Waals surface area contributed by atoms with Crippen LogP contribution in [0, 0.1) is 0 Å². The Balaban J connectivity index is 1.89. The van der Waals surface area contributed by atoms with Crippen LogP contribution in [0.3, 0.4) is 0 Å². The number of hydrogen-bond acceptors (Lipinski definition) is 5. The van der Waals surface area contributed by atoms with Crippen LogP contribution in [-0.4, -0.2) is 66.0 Å². The number of hydrogen-bond donors (Lipinski definition) is 2. The van der Waals surface area contributed by atoms with Crippen LogP contribution in [0.4, 0.5) is 4.79 Å². The Morgan fingerprint density at radius 2 is 2.00 bits per heavy atom. The highest BCUT2D eigenvalue weighted by Crippen LogP contribution is 2.13. The third kappa shape index (κ3) is 3.92. The first-order chi connectivity index (χ1) is 10.2. The van der Waals surface area contributed by atoms with Crippen molar-refractivity contribution in [3.8, 4) is 0 Å². The fraction of sp³-hybridized carbons (Fsp3) is 0.615. The quantitative estimate of drug-likeness (QED) is 0.827. The summed E-state index contributed by atoms with van der Waals surface area (Å²) in [7, 11) is 0. The standard InChI is InChI=1S/C13H21N5O2S/c1-2-15-13(20)18-7-5-17(6-8-18)12(19)10-9-21-11(16-10)3-4-14/h9H,2-8,14H2,1H3,(H,15,20). The predicted octanol–water partition coefficient (Wildman–Crippen LogP) is 0.132. The molecule has 1 aliphatic heterocycles. The molecule has 1 fully saturated rings. The van der Waals surface area contributed by atoms with Gasteiger partial charge in [-0.2, -0.15) is 0 Å². The largest absolute Gasteiger partial charge is 0.338 e. The lowest BCUT2D eigenvalue weighted by Gasteiger charge is -2.34. The lowest BCUT2D eigenvalue weighted by atomic mass is 10.3. The average Bonchev–Trinajstić information content (AvgIpc) is 2.96. The molecule has 0 atom stereocenters. The molecule has 0 saturated carbocycles. The summed E-state index contributed by atoms with van der Waals surface area (Å²) < 4.78 is 0. The zero-order valence-electron chi connectivity index (χ0n) is 12.2. The van der Waals surface area contributed by atoms with E-state index in [1.807, 2.05) is 6.92 Å². The van der Waals surface area contributed by atoms with Crippen LogP contribution in [-0.2, 0) is 6.42 Å². The summed E-state index contributed by atoms with van der Waals surface area (Å²) in [5.41, 5.74) is 5.97. The number of piperazine rings is 1. The summed E-state index contributed by atoms with van der Waals surface area (Å²) in [6.45, 7) is 5.22. The minimum Gasteiger partial charge on any atom is -0.338 e. The molecule has 0 aromatic carbocycles. The van der Waals surface area contributed by atoms with E-state index in [-0.39, 0.29) is 11.9 Å². The van der Waals surface area contributed by atoms with Crippen LogP contribution < -0.4 is 11.1 Å². The molecule has 0 unspecified atom stereocenters. The van der Waals surface area contributed by atoms with E-state index in [9.17, 15) is 9.59 Å². The predicted molar refractivity (Wildman–Crippen MR) is 81.4 cm³/mol. The molecule has 3 amide bonds. The maximum absolute atomic E-state index is 12.3. The third-order valence-electron chi connectivity index (χ3n) is 3.31. The summed E-state index contributed by atoms with van der Waals surface area (Å²) in [5.74, 6) is -0.0647. The van der Waals surface area contributed by atoms with Gasteiger partial charge in [0.25, 0.3) is 5.91 Å². The zero-order chi connectivity index (χ0) is 15.2. The average molecular weight is 311 g/mol. The highest BCUT2D eigenvalue weighted by atomic mass is 32.1. The first-order valence-corrected chi connectivity index (χ1v) is 8.00. The van der Waals surface area contributed by atoms with Gasteiger partial charge in [0, 0.05) is 44.5 Å². The Kier molecular flexibility index (Phi) is 5.51. The first kappa shape index (κ1) is 15.7. The fourth-order valence-corrected chi connectivity index (χ4v) is 2.97. The smallest absolute Gasteiger partial charge is 0.317 e. The van der Waals surface area contributed by atoms with Gasteiger partial charge >= 0.3 is 6.03 Å². The topological polar surface area (TPSA) is 91.6 Å². The Morgan fingerprint density at radius 3 is 2.62 bits per heavy atom. The number of nitrogens with zero attached hydrogens (tertiary/aromatic N) is 3. The monoisotopic (exact) mass is 311 g/mol. The van der Waals surface area contributed by atoms with Crippen molar-refractivity contribution in [3.63, 3.8) is 0 Å². The molecule has 1 saturated heterocycles. The number of carbonyl (C=O) groups is 2. The number of thiazole rings is 1. The highest BCUT2D eigenvalue weighted by molar-refractivity contribution is 7.09. The minimum absolute atomic E-state index is 0.0647. The van der Waals surface area contributed by atoms with Gasteiger partial charge in [0.2, 0.25) is 0 Å². The Morgan fingerprint density at radius 1 is 1.33 bits per heavy atom. The van der Waals surface area contributed by atoms with Crippen LogP contribution in [0.15, 0.2) is 5.38 Å². The molecule has 8 heteroatoms. The van der Waals surface area contributed by atoms with Crippen molar-refractivity contribution in [2.24, 2.45) is 5.73 Å². The highest BCUT2D eigenvalue weighted by Gasteiger charge is 2.25. The second-order valence-electron chi connectivity index (χ2n) is 4.78. The molecular formula is C13H21N5O2S. The Bertz CT molecular complexity index is 497. The van der Waals surface area contributed by atoms with E-state index in [1.54, 1.807) is 15.2 Å². The van der Waals surface area contributed by atoms with Gasteiger partial charge in [0.1, 0.15) is 5.69 Å². The zero-order valence-corrected chi connectivity index (χ0v) is 13.0. The van der Waals surface area contributed by atoms with Crippen molar-refractivity contribution in [2.75, 3.05) is 39.3 Å². The summed E-state index contributed by atoms with van der Waals surface area (Å²) in [5, 5.41) is 5.44. The molecule has 1 aromatic heterocycles. The molecule has 0 bridgehead atoms. The third-order valence-corrected chi connectivity index (χ3v) is 4.22. The maximum Gasteiger partial charge on any atom is 0.317 e. The van der Waals surface area contributed by atoms with Gasteiger partial charge in [-0.25, -0.2) is 9.78 Å². The number of amides is 3. The minimum atomic E-state index is -0.0662. The maximum atomic E-state index is 12.3. The first-order valence-electron chi connectivity index (χ1n) is 7.12. The van der Waals surface area contributed by atoms with E-state index in [0.717, 1.165) is 5.01 Å². The summed E-state index contributed by atoms with van der Waals surface area (Å²) in [6, 6.07) is -0.0662. The summed E-state index contributed by atoms with van der Waals surface area (Å²) in [6.07, 6.45) is 0.697. The van der Waals surface area contributed by atoms with Crippen molar-refractivity contribution < 1.29 is 9.59 Å². The molecule has 3 N–H and O–H groups in total. The molecule has 0 spiro atoms. The molecule has 0 radical (unpaired) electrons. The van der Waals surface area contributed by atoms with E-state index in [2.05, 4.69) is 10.3 Å². The molecule has 1 aliphatic rings. The van der Waals surface area contributed by atoms with Crippen molar-refractivity contribution in [1.29, 1.82) is 0 Å².